The second kappa shape index (κ2) is 17.3. The van der Waals surface area contributed by atoms with Gasteiger partial charge in [-0.15, -0.1) is 11.8 Å². The summed E-state index contributed by atoms with van der Waals surface area (Å²) in [5.41, 5.74) is 16.9. The van der Waals surface area contributed by atoms with Crippen LogP contribution in [0.1, 0.15) is 50.7 Å². The molecule has 352 valence electrons. The number of nitrogens with zero attached hydrogens (tertiary/aromatic N) is 2. The molecule has 2 nitrogen and oxygen atoms in total. The third kappa shape index (κ3) is 6.77. The van der Waals surface area contributed by atoms with Crippen molar-refractivity contribution in [1.82, 2.24) is 4.57 Å². The molecule has 4 heteroatoms. The van der Waals surface area contributed by atoms with Crippen LogP contribution in [0.25, 0.3) is 60.9 Å². The first-order valence-corrected chi connectivity index (χ1v) is 29.1. The van der Waals surface area contributed by atoms with Gasteiger partial charge in [0, 0.05) is 43.9 Å². The summed E-state index contributed by atoms with van der Waals surface area (Å²) in [5.74, 6) is 0.935. The predicted molar refractivity (Wildman–Crippen MR) is 313 cm³/mol. The average molecular weight is 973 g/mol. The van der Waals surface area contributed by atoms with Gasteiger partial charge in [0.25, 0.3) is 0 Å². The minimum absolute atomic E-state index is 0.0405. The van der Waals surface area contributed by atoms with Crippen LogP contribution in [0.5, 0.6) is 0 Å². The molecule has 3 heterocycles. The van der Waals surface area contributed by atoms with Crippen molar-refractivity contribution in [3.05, 3.63) is 254 Å². The second-order valence-electron chi connectivity index (χ2n) is 21.1. The minimum Gasteiger partial charge on any atom is -0.334 e. The quantitative estimate of drug-likeness (QED) is 0.111. The van der Waals surface area contributed by atoms with Crippen molar-refractivity contribution in [2.45, 2.75) is 61.1 Å². The van der Waals surface area contributed by atoms with E-state index in [1.165, 1.54) is 135 Å². The first-order valence-electron chi connectivity index (χ1n) is 26.1. The van der Waals surface area contributed by atoms with Gasteiger partial charge in [-0.3, -0.25) is 0 Å². The van der Waals surface area contributed by atoms with Crippen LogP contribution in [0.4, 0.5) is 11.4 Å². The molecule has 10 aromatic carbocycles. The summed E-state index contributed by atoms with van der Waals surface area (Å²) in [6.45, 7) is 5.09. The molecule has 0 radical (unpaired) electrons. The molecule has 1 fully saturated rings. The lowest BCUT2D eigenvalue weighted by atomic mass is 9.61. The molecule has 2 atom stereocenters. The Morgan fingerprint density at radius 1 is 0.425 bits per heavy atom. The van der Waals surface area contributed by atoms with Crippen LogP contribution in [-0.4, -0.2) is 18.2 Å². The van der Waals surface area contributed by atoms with E-state index in [2.05, 4.69) is 266 Å². The molecule has 0 bridgehead atoms. The van der Waals surface area contributed by atoms with E-state index < -0.39 is 8.07 Å². The Hall–Kier alpha value is -7.63. The minimum atomic E-state index is -2.95. The summed E-state index contributed by atoms with van der Waals surface area (Å²) in [5, 5.41) is 8.02. The summed E-state index contributed by atoms with van der Waals surface area (Å²) in [6, 6.07) is 92.4. The molecule has 1 aromatic heterocycles. The normalized spacial score (nSPS) is 18.0. The van der Waals surface area contributed by atoms with Gasteiger partial charge in [-0.2, -0.15) is 0 Å². The first-order chi connectivity index (χ1) is 35.9. The van der Waals surface area contributed by atoms with Crippen LogP contribution in [0, 0.1) is 0 Å². The van der Waals surface area contributed by atoms with E-state index >= 15 is 0 Å². The lowest BCUT2D eigenvalue weighted by Crippen LogP contribution is -2.74. The molecule has 3 aliphatic rings. The zero-order valence-corrected chi connectivity index (χ0v) is 43.2. The Balaban J connectivity index is 1.01. The summed E-state index contributed by atoms with van der Waals surface area (Å²) < 4.78 is 2.59. The molecule has 1 aliphatic carbocycles. The number of hydrogen-bond acceptors (Lipinski definition) is 2. The van der Waals surface area contributed by atoms with E-state index in [9.17, 15) is 0 Å². The van der Waals surface area contributed by atoms with Gasteiger partial charge in [-0.25, -0.2) is 0 Å². The zero-order valence-electron chi connectivity index (χ0n) is 41.4. The fourth-order valence-electron chi connectivity index (χ4n) is 13.6. The molecule has 2 unspecified atom stereocenters. The Bertz CT molecular complexity index is 3860. The van der Waals surface area contributed by atoms with Crippen molar-refractivity contribution in [3.8, 4) is 39.1 Å². The van der Waals surface area contributed by atoms with Gasteiger partial charge < -0.3 is 9.47 Å². The molecule has 73 heavy (non-hydrogen) atoms. The van der Waals surface area contributed by atoms with Gasteiger partial charge in [-0.1, -0.05) is 208 Å². The highest BCUT2D eigenvalue weighted by Crippen LogP contribution is 2.61. The molecule has 0 N–H and O–H groups in total. The van der Waals surface area contributed by atoms with Crippen LogP contribution >= 0.6 is 11.8 Å². The van der Waals surface area contributed by atoms with Gasteiger partial charge in [0.1, 0.15) is 0 Å². The number of aromatic nitrogens is 1. The van der Waals surface area contributed by atoms with Gasteiger partial charge >= 0.3 is 0 Å². The summed E-state index contributed by atoms with van der Waals surface area (Å²) >= 11 is 1.98. The number of para-hydroxylation sites is 1. The van der Waals surface area contributed by atoms with E-state index in [1.54, 1.807) is 0 Å². The highest BCUT2D eigenvalue weighted by Gasteiger charge is 2.57. The van der Waals surface area contributed by atoms with Crippen molar-refractivity contribution < 1.29 is 0 Å². The largest absolute Gasteiger partial charge is 0.334 e. The molecule has 0 spiro atoms. The number of benzene rings is 10. The SMILES string of the molecule is CC12CCCCC1(C)N(c1ccc3c(c1)c1cc4c(cc1n3-c1cccc([Si](c3ccccc3)(c3ccccc3)c3cccc(-c5ccccc5)c3)c1)SCc1cc(-c3ccccc3)ccc1-4)c1ccccc12. The van der Waals surface area contributed by atoms with Crippen LogP contribution < -0.4 is 25.6 Å². The van der Waals surface area contributed by atoms with Crippen LogP contribution in [0.15, 0.2) is 248 Å². The lowest BCUT2D eigenvalue weighted by Gasteiger charge is -2.50. The monoisotopic (exact) mass is 972 g/mol. The average Bonchev–Trinajstić information content (AvgIpc) is 3.88. The van der Waals surface area contributed by atoms with Gasteiger partial charge in [-0.05, 0) is 140 Å². The molecular weight excluding hydrogens is 917 g/mol. The zero-order chi connectivity index (χ0) is 48.7. The highest BCUT2D eigenvalue weighted by atomic mass is 32.2. The molecule has 14 rings (SSSR count). The summed E-state index contributed by atoms with van der Waals surface area (Å²) in [7, 11) is -2.95. The predicted octanol–water partition coefficient (Wildman–Crippen LogP) is 15.5. The number of fused-ring (bicyclic) bond motifs is 9. The topological polar surface area (TPSA) is 8.17 Å². The molecule has 11 aromatic rings. The highest BCUT2D eigenvalue weighted by molar-refractivity contribution is 7.98. The van der Waals surface area contributed by atoms with E-state index in [0.717, 1.165) is 5.75 Å². The van der Waals surface area contributed by atoms with Crippen LogP contribution in [0.3, 0.4) is 0 Å². The molecular formula is C69H56N2SSi. The Kier molecular flexibility index (Phi) is 10.4. The van der Waals surface area contributed by atoms with Gasteiger partial charge in [0.15, 0.2) is 8.07 Å². The van der Waals surface area contributed by atoms with E-state index in [-0.39, 0.29) is 11.0 Å². The van der Waals surface area contributed by atoms with E-state index in [0.29, 0.717) is 0 Å². The Labute approximate surface area is 434 Å². The van der Waals surface area contributed by atoms with Crippen molar-refractivity contribution in [2.75, 3.05) is 4.90 Å². The van der Waals surface area contributed by atoms with Crippen LogP contribution in [-0.2, 0) is 11.2 Å². The molecule has 1 saturated carbocycles. The molecule has 0 saturated heterocycles. The standard InChI is InChI=1S/C69H56N2SSi/c1-68-39-17-18-40-69(68,2)71(65-34-16-15-33-63(65)68)54-36-38-64-60(44-54)61-45-62-59-37-35-51(49-23-9-4-10-24-49)41-52(59)47-72-67(62)46-66(61)70(64)53-26-20-32-58(43-53)73(55-27-11-5-12-28-55,56-29-13-6-14-30-56)57-31-19-25-50(42-57)48-21-7-3-8-22-48/h3-16,19-38,41-46H,17-18,39-40,47H2,1-2H3. The van der Waals surface area contributed by atoms with Crippen molar-refractivity contribution in [3.63, 3.8) is 0 Å². The first kappa shape index (κ1) is 44.1. The third-order valence-corrected chi connectivity index (χ3v) is 23.2. The Morgan fingerprint density at radius 2 is 1.01 bits per heavy atom. The van der Waals surface area contributed by atoms with Gasteiger partial charge in [0.05, 0.1) is 16.6 Å². The maximum atomic E-state index is 2.74. The summed E-state index contributed by atoms with van der Waals surface area (Å²) in [6.07, 6.45) is 4.89. The smallest absolute Gasteiger partial charge is 0.179 e. The van der Waals surface area contributed by atoms with Crippen LogP contribution in [0.2, 0.25) is 0 Å². The number of rotatable bonds is 8. The molecule has 2 aliphatic heterocycles. The number of thioether (sulfide) groups is 1. The van der Waals surface area contributed by atoms with Crippen molar-refractivity contribution in [1.29, 1.82) is 0 Å². The van der Waals surface area contributed by atoms with E-state index in [1.807, 2.05) is 11.8 Å². The lowest BCUT2D eigenvalue weighted by molar-refractivity contribution is 0.195. The number of anilines is 2. The third-order valence-electron chi connectivity index (χ3n) is 17.4. The van der Waals surface area contributed by atoms with E-state index in [4.69, 9.17) is 0 Å². The fourth-order valence-corrected chi connectivity index (χ4v) is 19.5. The van der Waals surface area contributed by atoms with Crippen molar-refractivity contribution >= 4 is 73.8 Å². The van der Waals surface area contributed by atoms with Gasteiger partial charge in [0.2, 0.25) is 0 Å². The maximum Gasteiger partial charge on any atom is 0.179 e. The Morgan fingerprint density at radius 3 is 1.74 bits per heavy atom. The maximum absolute atomic E-state index is 2.95. The number of hydrogen-bond donors (Lipinski definition) is 0. The second-order valence-corrected chi connectivity index (χ2v) is 25.9. The van der Waals surface area contributed by atoms with Crippen molar-refractivity contribution in [2.24, 2.45) is 0 Å². The molecule has 0 amide bonds. The fraction of sp³-hybridized carbons (Fsp3) is 0.130. The summed E-state index contributed by atoms with van der Waals surface area (Å²) in [4.78, 5) is 4.07.